The van der Waals surface area contributed by atoms with Crippen molar-refractivity contribution in [1.29, 1.82) is 0 Å². The van der Waals surface area contributed by atoms with Crippen molar-refractivity contribution in [3.8, 4) is 0 Å². The predicted octanol–water partition coefficient (Wildman–Crippen LogP) is 3.78. The largest absolute Gasteiger partial charge is 0.317 e. The molecule has 1 aromatic carbocycles. The van der Waals surface area contributed by atoms with E-state index in [4.69, 9.17) is 0 Å². The second-order valence-corrected chi connectivity index (χ2v) is 5.58. The van der Waals surface area contributed by atoms with Crippen LogP contribution < -0.4 is 5.32 Å². The highest BCUT2D eigenvalue weighted by Crippen LogP contribution is 2.33. The fraction of sp³-hybridized carbons (Fsp3) is 0.625. The molecule has 1 aliphatic rings. The molecule has 3 unspecified atom stereocenters. The summed E-state index contributed by atoms with van der Waals surface area (Å²) in [6.45, 7) is 2.28. The Hall–Kier alpha value is -0.890. The Morgan fingerprint density at radius 3 is 2.83 bits per heavy atom. The molecular weight excluding hydrogens is 225 g/mol. The molecule has 0 spiro atoms. The average Bonchev–Trinajstić information content (AvgIpc) is 2.38. The van der Waals surface area contributed by atoms with Crippen molar-refractivity contribution < 1.29 is 4.39 Å². The molecule has 100 valence electrons. The molecule has 1 fully saturated rings. The van der Waals surface area contributed by atoms with Gasteiger partial charge >= 0.3 is 0 Å². The van der Waals surface area contributed by atoms with Crippen LogP contribution in [0.4, 0.5) is 4.39 Å². The highest BCUT2D eigenvalue weighted by Gasteiger charge is 2.28. The van der Waals surface area contributed by atoms with Crippen molar-refractivity contribution in [2.45, 2.75) is 45.1 Å². The van der Waals surface area contributed by atoms with E-state index in [-0.39, 0.29) is 5.82 Å². The van der Waals surface area contributed by atoms with Gasteiger partial charge in [0, 0.05) is 6.04 Å². The van der Waals surface area contributed by atoms with Gasteiger partial charge in [-0.15, -0.1) is 0 Å². The molecule has 0 amide bonds. The summed E-state index contributed by atoms with van der Waals surface area (Å²) >= 11 is 0. The first-order valence-corrected chi connectivity index (χ1v) is 7.14. The summed E-state index contributed by atoms with van der Waals surface area (Å²) in [5, 5.41) is 3.44. The minimum absolute atomic E-state index is 0.114. The summed E-state index contributed by atoms with van der Waals surface area (Å²) in [7, 11) is 2.05. The number of nitrogens with one attached hydrogen (secondary N) is 1. The summed E-state index contributed by atoms with van der Waals surface area (Å²) in [4.78, 5) is 0. The molecule has 1 N–H and O–H groups in total. The van der Waals surface area contributed by atoms with Crippen molar-refractivity contribution in [2.24, 2.45) is 11.8 Å². The number of hydrogen-bond donors (Lipinski definition) is 1. The van der Waals surface area contributed by atoms with Crippen molar-refractivity contribution >= 4 is 0 Å². The van der Waals surface area contributed by atoms with Gasteiger partial charge in [0.2, 0.25) is 0 Å². The van der Waals surface area contributed by atoms with Crippen LogP contribution in [0.25, 0.3) is 0 Å². The molecule has 0 saturated heterocycles. The topological polar surface area (TPSA) is 12.0 Å². The van der Waals surface area contributed by atoms with Gasteiger partial charge in [-0.3, -0.25) is 0 Å². The van der Waals surface area contributed by atoms with Crippen molar-refractivity contribution in [2.75, 3.05) is 7.05 Å². The monoisotopic (exact) mass is 249 g/mol. The molecule has 18 heavy (non-hydrogen) atoms. The summed E-state index contributed by atoms with van der Waals surface area (Å²) in [5.74, 6) is 1.39. The Labute approximate surface area is 110 Å². The predicted molar refractivity (Wildman–Crippen MR) is 74.1 cm³/mol. The SMILES string of the molecule is CCC1CCC(NC)C(Cc2cccc(F)c2)C1. The summed E-state index contributed by atoms with van der Waals surface area (Å²) in [5.41, 5.74) is 1.14. The van der Waals surface area contributed by atoms with E-state index in [1.54, 1.807) is 6.07 Å². The van der Waals surface area contributed by atoms with Gasteiger partial charge in [0.05, 0.1) is 0 Å². The lowest BCUT2D eigenvalue weighted by Crippen LogP contribution is -2.39. The molecule has 0 bridgehead atoms. The number of hydrogen-bond acceptors (Lipinski definition) is 1. The molecule has 1 nitrogen and oxygen atoms in total. The minimum Gasteiger partial charge on any atom is -0.317 e. The van der Waals surface area contributed by atoms with Crippen LogP contribution in [0.2, 0.25) is 0 Å². The maximum absolute atomic E-state index is 13.2. The highest BCUT2D eigenvalue weighted by molar-refractivity contribution is 5.17. The third kappa shape index (κ3) is 3.32. The standard InChI is InChI=1S/C16H24FN/c1-3-12-7-8-16(18-2)14(9-12)10-13-5-4-6-15(17)11-13/h4-6,11-12,14,16,18H,3,7-10H2,1-2H3. The zero-order valence-electron chi connectivity index (χ0n) is 11.5. The lowest BCUT2D eigenvalue weighted by Gasteiger charge is -2.36. The molecule has 1 aliphatic carbocycles. The minimum atomic E-state index is -0.114. The van der Waals surface area contributed by atoms with E-state index in [9.17, 15) is 4.39 Å². The van der Waals surface area contributed by atoms with E-state index < -0.39 is 0 Å². The molecule has 2 rings (SSSR count). The van der Waals surface area contributed by atoms with Crippen LogP contribution in [0.3, 0.4) is 0 Å². The van der Waals surface area contributed by atoms with Gasteiger partial charge in [0.1, 0.15) is 5.82 Å². The van der Waals surface area contributed by atoms with Gasteiger partial charge in [-0.05, 0) is 62.3 Å². The van der Waals surface area contributed by atoms with E-state index in [2.05, 4.69) is 19.3 Å². The van der Waals surface area contributed by atoms with Crippen LogP contribution in [0.15, 0.2) is 24.3 Å². The first kappa shape index (κ1) is 13.5. The maximum atomic E-state index is 13.2. The van der Waals surface area contributed by atoms with E-state index in [1.165, 1.54) is 31.7 Å². The Kier molecular flexibility index (Phi) is 4.76. The fourth-order valence-corrected chi connectivity index (χ4v) is 3.30. The van der Waals surface area contributed by atoms with Crippen molar-refractivity contribution in [1.82, 2.24) is 5.32 Å². The zero-order valence-corrected chi connectivity index (χ0v) is 11.5. The summed E-state index contributed by atoms with van der Waals surface area (Å²) < 4.78 is 13.2. The van der Waals surface area contributed by atoms with Gasteiger partial charge in [0.15, 0.2) is 0 Å². The Bertz CT molecular complexity index is 377. The first-order valence-electron chi connectivity index (χ1n) is 7.14. The third-order valence-corrected chi connectivity index (χ3v) is 4.43. The second-order valence-electron chi connectivity index (χ2n) is 5.58. The van der Waals surface area contributed by atoms with Gasteiger partial charge < -0.3 is 5.32 Å². The third-order valence-electron chi connectivity index (χ3n) is 4.43. The van der Waals surface area contributed by atoms with Crippen molar-refractivity contribution in [3.63, 3.8) is 0 Å². The van der Waals surface area contributed by atoms with Crippen LogP contribution in [0.5, 0.6) is 0 Å². The normalized spacial score (nSPS) is 28.3. The van der Waals surface area contributed by atoms with Gasteiger partial charge in [0.25, 0.3) is 0 Å². The summed E-state index contributed by atoms with van der Waals surface area (Å²) in [6.07, 6.45) is 6.14. The fourth-order valence-electron chi connectivity index (χ4n) is 3.30. The van der Waals surface area contributed by atoms with Gasteiger partial charge in [-0.2, -0.15) is 0 Å². The summed E-state index contributed by atoms with van der Waals surface area (Å²) in [6, 6.07) is 7.66. The van der Waals surface area contributed by atoms with Crippen LogP contribution in [-0.4, -0.2) is 13.1 Å². The molecule has 1 aromatic rings. The quantitative estimate of drug-likeness (QED) is 0.856. The Morgan fingerprint density at radius 1 is 1.33 bits per heavy atom. The van der Waals surface area contributed by atoms with Crippen molar-refractivity contribution in [3.05, 3.63) is 35.6 Å². The number of halogens is 1. The number of rotatable bonds is 4. The molecular formula is C16H24FN. The lowest BCUT2D eigenvalue weighted by atomic mass is 9.74. The van der Waals surface area contributed by atoms with E-state index in [0.29, 0.717) is 12.0 Å². The van der Waals surface area contributed by atoms with Gasteiger partial charge in [-0.1, -0.05) is 25.5 Å². The number of benzene rings is 1. The molecule has 0 aromatic heterocycles. The maximum Gasteiger partial charge on any atom is 0.123 e. The highest BCUT2D eigenvalue weighted by atomic mass is 19.1. The van der Waals surface area contributed by atoms with Crippen LogP contribution in [-0.2, 0) is 6.42 Å². The second kappa shape index (κ2) is 6.33. The molecule has 0 aliphatic heterocycles. The van der Waals surface area contributed by atoms with Crippen LogP contribution in [0.1, 0.15) is 38.2 Å². The average molecular weight is 249 g/mol. The van der Waals surface area contributed by atoms with E-state index in [1.807, 2.05) is 12.1 Å². The first-order chi connectivity index (χ1) is 8.72. The molecule has 0 heterocycles. The molecule has 3 atom stereocenters. The zero-order chi connectivity index (χ0) is 13.0. The molecule has 1 saturated carbocycles. The molecule has 2 heteroatoms. The van der Waals surface area contributed by atoms with Crippen LogP contribution >= 0.6 is 0 Å². The smallest absolute Gasteiger partial charge is 0.123 e. The molecule has 0 radical (unpaired) electrons. The lowest BCUT2D eigenvalue weighted by molar-refractivity contribution is 0.205. The Morgan fingerprint density at radius 2 is 2.17 bits per heavy atom. The Balaban J connectivity index is 2.04. The van der Waals surface area contributed by atoms with E-state index >= 15 is 0 Å². The van der Waals surface area contributed by atoms with E-state index in [0.717, 1.165) is 17.9 Å². The van der Waals surface area contributed by atoms with Crippen LogP contribution in [0, 0.1) is 17.7 Å². The van der Waals surface area contributed by atoms with Gasteiger partial charge in [-0.25, -0.2) is 4.39 Å².